The van der Waals surface area contributed by atoms with Crippen molar-refractivity contribution in [3.05, 3.63) is 93.4 Å². The Labute approximate surface area is 251 Å². The van der Waals surface area contributed by atoms with Gasteiger partial charge >= 0.3 is 0 Å². The van der Waals surface area contributed by atoms with E-state index in [-0.39, 0.29) is 17.3 Å². The minimum absolute atomic E-state index is 0.0195. The van der Waals surface area contributed by atoms with Gasteiger partial charge in [-0.3, -0.25) is 13.9 Å². The van der Waals surface area contributed by atoms with E-state index in [2.05, 4.69) is 5.32 Å². The highest BCUT2D eigenvalue weighted by molar-refractivity contribution is 7.92. The summed E-state index contributed by atoms with van der Waals surface area (Å²) in [6.45, 7) is 3.79. The second kappa shape index (κ2) is 14.7. The van der Waals surface area contributed by atoms with E-state index in [1.54, 1.807) is 55.5 Å². The van der Waals surface area contributed by atoms with E-state index in [1.165, 1.54) is 29.2 Å². The van der Waals surface area contributed by atoms with E-state index < -0.39 is 28.5 Å². The second-order valence-electron chi connectivity index (χ2n) is 9.14. The minimum atomic E-state index is -4.17. The Morgan fingerprint density at radius 2 is 1.57 bits per heavy atom. The molecule has 0 bridgehead atoms. The van der Waals surface area contributed by atoms with Gasteiger partial charge in [0.15, 0.2) is 0 Å². The average molecular weight is 625 g/mol. The number of rotatable bonds is 13. The first kappa shape index (κ1) is 31.7. The summed E-state index contributed by atoms with van der Waals surface area (Å²) in [7, 11) is -4.17. The number of halogens is 3. The molecule has 0 aliphatic carbocycles. The van der Waals surface area contributed by atoms with Gasteiger partial charge in [-0.05, 0) is 66.9 Å². The van der Waals surface area contributed by atoms with Crippen molar-refractivity contribution in [2.45, 2.75) is 50.6 Å². The predicted octanol–water partition coefficient (Wildman–Crippen LogP) is 6.57. The van der Waals surface area contributed by atoms with Crippen molar-refractivity contribution in [1.29, 1.82) is 0 Å². The van der Waals surface area contributed by atoms with Crippen LogP contribution in [0.25, 0.3) is 0 Å². The van der Waals surface area contributed by atoms with E-state index in [4.69, 9.17) is 34.8 Å². The van der Waals surface area contributed by atoms with E-state index in [0.29, 0.717) is 39.3 Å². The maximum absolute atomic E-state index is 14.0. The van der Waals surface area contributed by atoms with E-state index in [9.17, 15) is 18.0 Å². The number of hydrogen-bond acceptors (Lipinski definition) is 4. The normalized spacial score (nSPS) is 12.0. The molecule has 2 amide bonds. The van der Waals surface area contributed by atoms with Crippen LogP contribution in [0.4, 0.5) is 5.69 Å². The summed E-state index contributed by atoms with van der Waals surface area (Å²) in [5, 5.41) is 3.95. The van der Waals surface area contributed by atoms with Crippen LogP contribution in [0.15, 0.2) is 77.7 Å². The summed E-state index contributed by atoms with van der Waals surface area (Å²) < 4.78 is 28.6. The van der Waals surface area contributed by atoms with Crippen molar-refractivity contribution in [3.63, 3.8) is 0 Å². The van der Waals surface area contributed by atoms with Crippen molar-refractivity contribution < 1.29 is 18.0 Å². The largest absolute Gasteiger partial charge is 0.354 e. The second-order valence-corrected chi connectivity index (χ2v) is 12.3. The smallest absolute Gasteiger partial charge is 0.264 e. The highest BCUT2D eigenvalue weighted by Crippen LogP contribution is 2.27. The zero-order chi connectivity index (χ0) is 29.3. The molecule has 0 fully saturated rings. The molecule has 3 aromatic carbocycles. The number of anilines is 1. The standard InChI is InChI=1S/C29H32Cl3N3O4S/c1-3-5-17-33-29(37)27(4-2)34(19-21-11-16-25(31)26(32)18-21)28(36)20-35(23-9-7-6-8-10-23)40(38,39)24-14-12-22(30)13-15-24/h6-16,18,27H,3-5,17,19-20H2,1-2H3,(H,33,37). The van der Waals surface area contributed by atoms with Crippen LogP contribution >= 0.6 is 34.8 Å². The third-order valence-electron chi connectivity index (χ3n) is 6.28. The number of sulfonamides is 1. The number of unbranched alkanes of at least 4 members (excludes halogenated alkanes) is 1. The van der Waals surface area contributed by atoms with Crippen molar-refractivity contribution >= 4 is 62.3 Å². The molecule has 3 rings (SSSR count). The quantitative estimate of drug-likeness (QED) is 0.218. The predicted molar refractivity (Wildman–Crippen MR) is 161 cm³/mol. The Morgan fingerprint density at radius 3 is 2.17 bits per heavy atom. The third kappa shape index (κ3) is 8.13. The topological polar surface area (TPSA) is 86.8 Å². The molecule has 1 N–H and O–H groups in total. The van der Waals surface area contributed by atoms with Gasteiger partial charge in [0.2, 0.25) is 11.8 Å². The summed E-state index contributed by atoms with van der Waals surface area (Å²) in [6, 6.07) is 18.2. The van der Waals surface area contributed by atoms with Gasteiger partial charge in [-0.15, -0.1) is 0 Å². The average Bonchev–Trinajstić information content (AvgIpc) is 2.94. The molecule has 1 unspecified atom stereocenters. The third-order valence-corrected chi connectivity index (χ3v) is 9.06. The Bertz CT molecular complexity index is 1400. The molecule has 0 saturated carbocycles. The number of carbonyl (C=O) groups is 2. The van der Waals surface area contributed by atoms with Crippen molar-refractivity contribution in [3.8, 4) is 0 Å². The van der Waals surface area contributed by atoms with Gasteiger partial charge in [0.05, 0.1) is 20.6 Å². The molecule has 3 aromatic rings. The molecule has 0 spiro atoms. The summed E-state index contributed by atoms with van der Waals surface area (Å²) in [5.74, 6) is -0.860. The number of carbonyl (C=O) groups excluding carboxylic acids is 2. The molecule has 0 aromatic heterocycles. The number of amides is 2. The van der Waals surface area contributed by atoms with Gasteiger partial charge in [0, 0.05) is 18.1 Å². The van der Waals surface area contributed by atoms with Crippen LogP contribution < -0.4 is 9.62 Å². The van der Waals surface area contributed by atoms with Crippen LogP contribution in [-0.4, -0.2) is 44.3 Å². The molecular weight excluding hydrogens is 593 g/mol. The van der Waals surface area contributed by atoms with Crippen molar-refractivity contribution in [2.75, 3.05) is 17.4 Å². The van der Waals surface area contributed by atoms with Crippen LogP contribution in [0.2, 0.25) is 15.1 Å². The van der Waals surface area contributed by atoms with Crippen molar-refractivity contribution in [2.24, 2.45) is 0 Å². The molecule has 0 aliphatic rings. The number of nitrogens with one attached hydrogen (secondary N) is 1. The Kier molecular flexibility index (Phi) is 11.7. The van der Waals surface area contributed by atoms with Crippen LogP contribution in [0, 0.1) is 0 Å². The summed E-state index contributed by atoms with van der Waals surface area (Å²) in [6.07, 6.45) is 2.02. The van der Waals surface area contributed by atoms with E-state index >= 15 is 0 Å². The maximum atomic E-state index is 14.0. The zero-order valence-electron chi connectivity index (χ0n) is 22.3. The van der Waals surface area contributed by atoms with Gasteiger partial charge in [-0.1, -0.05) is 79.3 Å². The van der Waals surface area contributed by atoms with Crippen molar-refractivity contribution in [1.82, 2.24) is 10.2 Å². The first-order valence-corrected chi connectivity index (χ1v) is 15.5. The lowest BCUT2D eigenvalue weighted by atomic mass is 10.1. The fourth-order valence-electron chi connectivity index (χ4n) is 4.12. The summed E-state index contributed by atoms with van der Waals surface area (Å²) in [4.78, 5) is 28.6. The number of benzene rings is 3. The molecule has 0 radical (unpaired) electrons. The first-order valence-electron chi connectivity index (χ1n) is 12.9. The van der Waals surface area contributed by atoms with Crippen LogP contribution in [-0.2, 0) is 26.2 Å². The SMILES string of the molecule is CCCCNC(=O)C(CC)N(Cc1ccc(Cl)c(Cl)c1)C(=O)CN(c1ccccc1)S(=O)(=O)c1ccc(Cl)cc1. The Balaban J connectivity index is 2.02. The summed E-state index contributed by atoms with van der Waals surface area (Å²) >= 11 is 18.3. The van der Waals surface area contributed by atoms with Gasteiger partial charge in [0.1, 0.15) is 12.6 Å². The molecular formula is C29H32Cl3N3O4S. The lowest BCUT2D eigenvalue weighted by Gasteiger charge is -2.33. The molecule has 1 atom stereocenters. The maximum Gasteiger partial charge on any atom is 0.264 e. The van der Waals surface area contributed by atoms with Crippen LogP contribution in [0.1, 0.15) is 38.7 Å². The number of nitrogens with zero attached hydrogens (tertiary/aromatic N) is 2. The molecule has 7 nitrogen and oxygen atoms in total. The number of hydrogen-bond donors (Lipinski definition) is 1. The zero-order valence-corrected chi connectivity index (χ0v) is 25.4. The summed E-state index contributed by atoms with van der Waals surface area (Å²) in [5.41, 5.74) is 0.954. The Morgan fingerprint density at radius 1 is 0.900 bits per heavy atom. The molecule has 0 heterocycles. The van der Waals surface area contributed by atoms with Gasteiger partial charge in [0.25, 0.3) is 10.0 Å². The van der Waals surface area contributed by atoms with Gasteiger partial charge in [-0.25, -0.2) is 8.42 Å². The lowest BCUT2D eigenvalue weighted by molar-refractivity contribution is -0.140. The molecule has 214 valence electrons. The number of para-hydroxylation sites is 1. The monoisotopic (exact) mass is 623 g/mol. The fourth-order valence-corrected chi connectivity index (χ4v) is 5.98. The molecule has 40 heavy (non-hydrogen) atoms. The highest BCUT2D eigenvalue weighted by Gasteiger charge is 2.33. The molecule has 11 heteroatoms. The first-order chi connectivity index (χ1) is 19.1. The minimum Gasteiger partial charge on any atom is -0.354 e. The van der Waals surface area contributed by atoms with Gasteiger partial charge in [-0.2, -0.15) is 0 Å². The molecule has 0 saturated heterocycles. The fraction of sp³-hybridized carbons (Fsp3) is 0.310. The van der Waals surface area contributed by atoms with E-state index in [0.717, 1.165) is 17.1 Å². The van der Waals surface area contributed by atoms with Gasteiger partial charge < -0.3 is 10.2 Å². The molecule has 0 aliphatic heterocycles. The van der Waals surface area contributed by atoms with E-state index in [1.807, 2.05) is 6.92 Å². The van der Waals surface area contributed by atoms with Crippen LogP contribution in [0.3, 0.4) is 0 Å². The lowest BCUT2D eigenvalue weighted by Crippen LogP contribution is -2.52. The highest BCUT2D eigenvalue weighted by atomic mass is 35.5. The Hall–Kier alpha value is -2.78. The van der Waals surface area contributed by atoms with Crippen LogP contribution in [0.5, 0.6) is 0 Å².